The molecule has 1 aromatic rings. The van der Waals surface area contributed by atoms with Crippen LogP contribution in [-0.4, -0.2) is 26.9 Å². The lowest BCUT2D eigenvalue weighted by atomic mass is 9.87. The number of halogens is 1. The zero-order chi connectivity index (χ0) is 10.7. The van der Waals surface area contributed by atoms with Crippen molar-refractivity contribution < 1.29 is 9.47 Å². The van der Waals surface area contributed by atoms with Crippen LogP contribution >= 0.6 is 12.4 Å². The molecule has 4 heteroatoms. The van der Waals surface area contributed by atoms with Crippen molar-refractivity contribution in [2.24, 2.45) is 5.73 Å². The van der Waals surface area contributed by atoms with Gasteiger partial charge in [-0.1, -0.05) is 24.3 Å². The Labute approximate surface area is 102 Å². The van der Waals surface area contributed by atoms with E-state index >= 15 is 0 Å². The van der Waals surface area contributed by atoms with Gasteiger partial charge in [-0.15, -0.1) is 12.4 Å². The van der Waals surface area contributed by atoms with Gasteiger partial charge in [-0.25, -0.2) is 0 Å². The Morgan fingerprint density at radius 1 is 1.44 bits per heavy atom. The Morgan fingerprint density at radius 2 is 2.19 bits per heavy atom. The van der Waals surface area contributed by atoms with Gasteiger partial charge in [0.15, 0.2) is 0 Å². The summed E-state index contributed by atoms with van der Waals surface area (Å²) in [6, 6.07) is 8.30. The summed E-state index contributed by atoms with van der Waals surface area (Å²) in [5.74, 6) is 0. The molecule has 0 fully saturated rings. The summed E-state index contributed by atoms with van der Waals surface area (Å²) in [4.78, 5) is 0. The van der Waals surface area contributed by atoms with Gasteiger partial charge in [0.25, 0.3) is 0 Å². The van der Waals surface area contributed by atoms with E-state index in [9.17, 15) is 0 Å². The summed E-state index contributed by atoms with van der Waals surface area (Å²) in [5.41, 5.74) is 7.90. The third-order valence-corrected chi connectivity index (χ3v) is 2.97. The molecule has 1 atom stereocenters. The van der Waals surface area contributed by atoms with Crippen molar-refractivity contribution >= 4 is 12.4 Å². The molecular weight excluding hydrogens is 226 g/mol. The molecule has 0 saturated carbocycles. The minimum Gasteiger partial charge on any atom is -0.381 e. The Hall–Kier alpha value is -0.610. The first-order valence-electron chi connectivity index (χ1n) is 5.24. The maximum Gasteiger partial charge on any atom is 0.129 e. The van der Waals surface area contributed by atoms with E-state index in [1.54, 1.807) is 7.11 Å². The van der Waals surface area contributed by atoms with Gasteiger partial charge in [0.2, 0.25) is 0 Å². The SMILES string of the molecule is COCC1(CN)OCCc2ccccc21.Cl. The van der Waals surface area contributed by atoms with Crippen LogP contribution in [0, 0.1) is 0 Å². The van der Waals surface area contributed by atoms with Crippen LogP contribution < -0.4 is 5.73 Å². The highest BCUT2D eigenvalue weighted by Gasteiger charge is 2.36. The zero-order valence-electron chi connectivity index (χ0n) is 9.44. The highest BCUT2D eigenvalue weighted by atomic mass is 35.5. The molecule has 0 spiro atoms. The van der Waals surface area contributed by atoms with Crippen LogP contribution in [0.3, 0.4) is 0 Å². The van der Waals surface area contributed by atoms with Gasteiger partial charge in [-0.2, -0.15) is 0 Å². The normalized spacial score (nSPS) is 23.4. The lowest BCUT2D eigenvalue weighted by molar-refractivity contribution is -0.0963. The Kier molecular flexibility index (Phi) is 4.74. The van der Waals surface area contributed by atoms with Gasteiger partial charge >= 0.3 is 0 Å². The Bertz CT molecular complexity index is 346. The van der Waals surface area contributed by atoms with Crippen molar-refractivity contribution in [3.63, 3.8) is 0 Å². The predicted molar refractivity (Wildman–Crippen MR) is 66.0 cm³/mol. The van der Waals surface area contributed by atoms with Crippen LogP contribution in [0.1, 0.15) is 11.1 Å². The van der Waals surface area contributed by atoms with Crippen molar-refractivity contribution in [2.75, 3.05) is 26.9 Å². The van der Waals surface area contributed by atoms with Gasteiger partial charge < -0.3 is 15.2 Å². The van der Waals surface area contributed by atoms with Gasteiger partial charge in [-0.05, 0) is 17.5 Å². The first-order valence-corrected chi connectivity index (χ1v) is 5.24. The molecule has 1 aliphatic rings. The van der Waals surface area contributed by atoms with Gasteiger partial charge in [0.1, 0.15) is 5.60 Å². The Morgan fingerprint density at radius 3 is 2.88 bits per heavy atom. The first-order chi connectivity index (χ1) is 7.32. The monoisotopic (exact) mass is 243 g/mol. The molecule has 3 nitrogen and oxygen atoms in total. The molecule has 0 aromatic heterocycles. The van der Waals surface area contributed by atoms with Crippen LogP contribution in [-0.2, 0) is 21.5 Å². The minimum atomic E-state index is -0.441. The minimum absolute atomic E-state index is 0. The molecule has 2 N–H and O–H groups in total. The van der Waals surface area contributed by atoms with E-state index in [0.29, 0.717) is 13.2 Å². The van der Waals surface area contributed by atoms with Crippen molar-refractivity contribution in [3.05, 3.63) is 35.4 Å². The van der Waals surface area contributed by atoms with Crippen LogP contribution in [0.2, 0.25) is 0 Å². The molecule has 2 rings (SSSR count). The average Bonchev–Trinajstić information content (AvgIpc) is 2.30. The van der Waals surface area contributed by atoms with E-state index in [-0.39, 0.29) is 12.4 Å². The zero-order valence-corrected chi connectivity index (χ0v) is 10.3. The largest absolute Gasteiger partial charge is 0.381 e. The molecule has 16 heavy (non-hydrogen) atoms. The highest BCUT2D eigenvalue weighted by molar-refractivity contribution is 5.85. The summed E-state index contributed by atoms with van der Waals surface area (Å²) in [5, 5.41) is 0. The lowest BCUT2D eigenvalue weighted by Crippen LogP contribution is -2.45. The third kappa shape index (κ3) is 2.23. The number of fused-ring (bicyclic) bond motifs is 1. The summed E-state index contributed by atoms with van der Waals surface area (Å²) in [6.45, 7) is 1.69. The maximum absolute atomic E-state index is 5.83. The van der Waals surface area contributed by atoms with Gasteiger partial charge in [-0.3, -0.25) is 0 Å². The van der Waals surface area contributed by atoms with E-state index in [2.05, 4.69) is 18.2 Å². The number of rotatable bonds is 3. The average molecular weight is 244 g/mol. The van der Waals surface area contributed by atoms with Crippen molar-refractivity contribution in [1.29, 1.82) is 0 Å². The summed E-state index contributed by atoms with van der Waals surface area (Å²) >= 11 is 0. The first kappa shape index (κ1) is 13.5. The molecule has 1 aliphatic heterocycles. The van der Waals surface area contributed by atoms with Crippen LogP contribution in [0.25, 0.3) is 0 Å². The highest BCUT2D eigenvalue weighted by Crippen LogP contribution is 2.32. The number of ether oxygens (including phenoxy) is 2. The number of methoxy groups -OCH3 is 1. The van der Waals surface area contributed by atoms with Gasteiger partial charge in [0.05, 0.1) is 13.2 Å². The van der Waals surface area contributed by atoms with Crippen LogP contribution in [0.15, 0.2) is 24.3 Å². The van der Waals surface area contributed by atoms with E-state index < -0.39 is 5.60 Å². The molecule has 0 aliphatic carbocycles. The molecule has 1 heterocycles. The second-order valence-electron chi connectivity index (χ2n) is 3.89. The second kappa shape index (κ2) is 5.64. The topological polar surface area (TPSA) is 44.5 Å². The molecule has 90 valence electrons. The van der Waals surface area contributed by atoms with Crippen LogP contribution in [0.5, 0.6) is 0 Å². The Balaban J connectivity index is 0.00000128. The van der Waals surface area contributed by atoms with Gasteiger partial charge in [0, 0.05) is 13.7 Å². The quantitative estimate of drug-likeness (QED) is 0.875. The standard InChI is InChI=1S/C12H17NO2.ClH/c1-14-9-12(8-13)11-5-3-2-4-10(11)6-7-15-12;/h2-5H,6-9,13H2,1H3;1H. The molecule has 1 aromatic carbocycles. The van der Waals surface area contributed by atoms with E-state index in [1.165, 1.54) is 11.1 Å². The molecule has 0 amide bonds. The number of benzene rings is 1. The summed E-state index contributed by atoms with van der Waals surface area (Å²) < 4.78 is 11.1. The summed E-state index contributed by atoms with van der Waals surface area (Å²) in [6.07, 6.45) is 0.960. The number of nitrogens with two attached hydrogens (primary N) is 1. The smallest absolute Gasteiger partial charge is 0.129 e. The van der Waals surface area contributed by atoms with Crippen molar-refractivity contribution in [2.45, 2.75) is 12.0 Å². The number of hydrogen-bond donors (Lipinski definition) is 1. The molecule has 0 saturated heterocycles. The molecule has 1 unspecified atom stereocenters. The fraction of sp³-hybridized carbons (Fsp3) is 0.500. The molecule has 0 bridgehead atoms. The predicted octanol–water partition coefficient (Wildman–Crippen LogP) is 1.48. The van der Waals surface area contributed by atoms with Crippen LogP contribution in [0.4, 0.5) is 0 Å². The number of hydrogen-bond acceptors (Lipinski definition) is 3. The second-order valence-corrected chi connectivity index (χ2v) is 3.89. The van der Waals surface area contributed by atoms with E-state index in [0.717, 1.165) is 13.0 Å². The fourth-order valence-electron chi connectivity index (χ4n) is 2.20. The van der Waals surface area contributed by atoms with Crippen molar-refractivity contribution in [3.8, 4) is 0 Å². The lowest BCUT2D eigenvalue weighted by Gasteiger charge is -2.37. The maximum atomic E-state index is 5.83. The van der Waals surface area contributed by atoms with E-state index in [4.69, 9.17) is 15.2 Å². The van der Waals surface area contributed by atoms with E-state index in [1.807, 2.05) is 6.07 Å². The third-order valence-electron chi connectivity index (χ3n) is 2.97. The molecule has 0 radical (unpaired) electrons. The fourth-order valence-corrected chi connectivity index (χ4v) is 2.20. The summed E-state index contributed by atoms with van der Waals surface area (Å²) in [7, 11) is 1.68. The van der Waals surface area contributed by atoms with Crippen molar-refractivity contribution in [1.82, 2.24) is 0 Å². The molecular formula is C12H18ClNO2.